The standard InChI is InChI=1S/C13H23N3/c1-12(14-2)7-10-16(3)11-8-13-6-4-5-9-15-13/h4-6,9,12,14H,7-8,10-11H2,1-3H3. The van der Waals surface area contributed by atoms with Crippen molar-refractivity contribution in [1.82, 2.24) is 15.2 Å². The van der Waals surface area contributed by atoms with Crippen LogP contribution in [0.25, 0.3) is 0 Å². The molecule has 90 valence electrons. The van der Waals surface area contributed by atoms with Gasteiger partial charge < -0.3 is 10.2 Å². The molecule has 3 nitrogen and oxygen atoms in total. The van der Waals surface area contributed by atoms with Crippen LogP contribution in [0.15, 0.2) is 24.4 Å². The molecule has 0 saturated carbocycles. The Hall–Kier alpha value is -0.930. The lowest BCUT2D eigenvalue weighted by atomic mass is 10.2. The summed E-state index contributed by atoms with van der Waals surface area (Å²) in [5.74, 6) is 0. The van der Waals surface area contributed by atoms with E-state index in [0.717, 1.165) is 19.5 Å². The van der Waals surface area contributed by atoms with Crippen molar-refractivity contribution in [3.05, 3.63) is 30.1 Å². The van der Waals surface area contributed by atoms with Gasteiger partial charge in [0.25, 0.3) is 0 Å². The largest absolute Gasteiger partial charge is 0.317 e. The number of nitrogens with zero attached hydrogens (tertiary/aromatic N) is 2. The normalized spacial score (nSPS) is 13.0. The highest BCUT2D eigenvalue weighted by Gasteiger charge is 2.02. The van der Waals surface area contributed by atoms with E-state index in [1.807, 2.05) is 25.4 Å². The minimum absolute atomic E-state index is 0.595. The molecule has 0 aliphatic rings. The Morgan fingerprint density at radius 2 is 2.19 bits per heavy atom. The molecular weight excluding hydrogens is 198 g/mol. The summed E-state index contributed by atoms with van der Waals surface area (Å²) in [6.45, 7) is 4.43. The minimum Gasteiger partial charge on any atom is -0.317 e. The SMILES string of the molecule is CNC(C)CCN(C)CCc1ccccn1. The topological polar surface area (TPSA) is 28.2 Å². The second kappa shape index (κ2) is 7.36. The molecule has 1 heterocycles. The molecule has 16 heavy (non-hydrogen) atoms. The highest BCUT2D eigenvalue weighted by Crippen LogP contribution is 1.98. The fourth-order valence-electron chi connectivity index (χ4n) is 1.52. The number of pyridine rings is 1. The van der Waals surface area contributed by atoms with Crippen LogP contribution in [0.2, 0.25) is 0 Å². The van der Waals surface area contributed by atoms with E-state index >= 15 is 0 Å². The Morgan fingerprint density at radius 3 is 2.81 bits per heavy atom. The smallest absolute Gasteiger partial charge is 0.0416 e. The van der Waals surface area contributed by atoms with Gasteiger partial charge in [0.15, 0.2) is 0 Å². The molecule has 1 aromatic rings. The summed E-state index contributed by atoms with van der Waals surface area (Å²) >= 11 is 0. The average Bonchev–Trinajstić information content (AvgIpc) is 2.34. The Labute approximate surface area is 98.9 Å². The summed E-state index contributed by atoms with van der Waals surface area (Å²) in [6.07, 6.45) is 4.08. The van der Waals surface area contributed by atoms with Crippen LogP contribution in [0.5, 0.6) is 0 Å². The lowest BCUT2D eigenvalue weighted by Gasteiger charge is -2.18. The molecule has 1 unspecified atom stereocenters. The summed E-state index contributed by atoms with van der Waals surface area (Å²) in [6, 6.07) is 6.69. The van der Waals surface area contributed by atoms with Gasteiger partial charge in [0.05, 0.1) is 0 Å². The Balaban J connectivity index is 2.18. The van der Waals surface area contributed by atoms with Crippen molar-refractivity contribution < 1.29 is 0 Å². The lowest BCUT2D eigenvalue weighted by Crippen LogP contribution is -2.29. The monoisotopic (exact) mass is 221 g/mol. The van der Waals surface area contributed by atoms with Crippen LogP contribution in [0.4, 0.5) is 0 Å². The molecule has 0 radical (unpaired) electrons. The Morgan fingerprint density at radius 1 is 1.38 bits per heavy atom. The number of nitrogens with one attached hydrogen (secondary N) is 1. The van der Waals surface area contributed by atoms with E-state index in [2.05, 4.69) is 35.2 Å². The maximum atomic E-state index is 4.32. The van der Waals surface area contributed by atoms with E-state index in [1.54, 1.807) is 0 Å². The van der Waals surface area contributed by atoms with E-state index in [0.29, 0.717) is 6.04 Å². The third kappa shape index (κ3) is 5.24. The second-order valence-corrected chi connectivity index (χ2v) is 4.35. The van der Waals surface area contributed by atoms with Crippen molar-refractivity contribution in [1.29, 1.82) is 0 Å². The first kappa shape index (κ1) is 13.1. The van der Waals surface area contributed by atoms with Gasteiger partial charge in [0.2, 0.25) is 0 Å². The van der Waals surface area contributed by atoms with Crippen LogP contribution in [-0.4, -0.2) is 43.1 Å². The molecule has 0 spiro atoms. The first-order valence-corrected chi connectivity index (χ1v) is 5.98. The van der Waals surface area contributed by atoms with Gasteiger partial charge in [0.1, 0.15) is 0 Å². The van der Waals surface area contributed by atoms with E-state index in [1.165, 1.54) is 12.1 Å². The molecular formula is C13H23N3. The van der Waals surface area contributed by atoms with Crippen LogP contribution in [0.1, 0.15) is 19.0 Å². The Kier molecular flexibility index (Phi) is 6.04. The van der Waals surface area contributed by atoms with Gasteiger partial charge in [-0.2, -0.15) is 0 Å². The van der Waals surface area contributed by atoms with Gasteiger partial charge in [-0.25, -0.2) is 0 Å². The van der Waals surface area contributed by atoms with Gasteiger partial charge in [-0.15, -0.1) is 0 Å². The molecule has 1 atom stereocenters. The predicted octanol–water partition coefficient (Wildman–Crippen LogP) is 1.55. The zero-order chi connectivity index (χ0) is 11.8. The molecule has 1 N–H and O–H groups in total. The summed E-state index contributed by atoms with van der Waals surface area (Å²) < 4.78 is 0. The van der Waals surface area contributed by atoms with E-state index in [4.69, 9.17) is 0 Å². The van der Waals surface area contributed by atoms with E-state index < -0.39 is 0 Å². The predicted molar refractivity (Wildman–Crippen MR) is 68.6 cm³/mol. The summed E-state index contributed by atoms with van der Waals surface area (Å²) in [5, 5.41) is 3.26. The Bertz CT molecular complexity index is 274. The van der Waals surface area contributed by atoms with Crippen molar-refractivity contribution in [2.45, 2.75) is 25.8 Å². The zero-order valence-electron chi connectivity index (χ0n) is 10.6. The summed E-state index contributed by atoms with van der Waals surface area (Å²) in [7, 11) is 4.18. The summed E-state index contributed by atoms with van der Waals surface area (Å²) in [4.78, 5) is 6.69. The molecule has 3 heteroatoms. The van der Waals surface area contributed by atoms with Crippen LogP contribution in [-0.2, 0) is 6.42 Å². The number of likely N-dealkylation sites (N-methyl/N-ethyl adjacent to an activating group) is 1. The van der Waals surface area contributed by atoms with Gasteiger partial charge in [0, 0.05) is 30.9 Å². The maximum absolute atomic E-state index is 4.32. The molecule has 1 aromatic heterocycles. The molecule has 0 amide bonds. The van der Waals surface area contributed by atoms with Crippen LogP contribution in [0.3, 0.4) is 0 Å². The minimum atomic E-state index is 0.595. The maximum Gasteiger partial charge on any atom is 0.0416 e. The van der Waals surface area contributed by atoms with Gasteiger partial charge in [-0.3, -0.25) is 4.98 Å². The molecule has 0 aliphatic carbocycles. The number of aromatic nitrogens is 1. The molecule has 1 rings (SSSR count). The first-order chi connectivity index (χ1) is 7.72. The molecule has 0 saturated heterocycles. The number of hydrogen-bond acceptors (Lipinski definition) is 3. The highest BCUT2D eigenvalue weighted by atomic mass is 15.1. The molecule has 0 aliphatic heterocycles. The first-order valence-electron chi connectivity index (χ1n) is 5.98. The third-order valence-electron chi connectivity index (χ3n) is 2.91. The quantitative estimate of drug-likeness (QED) is 0.757. The number of rotatable bonds is 7. The van der Waals surface area contributed by atoms with Crippen molar-refractivity contribution in [2.75, 3.05) is 27.2 Å². The van der Waals surface area contributed by atoms with E-state index in [9.17, 15) is 0 Å². The van der Waals surface area contributed by atoms with Crippen molar-refractivity contribution in [2.24, 2.45) is 0 Å². The molecule has 0 bridgehead atoms. The van der Waals surface area contributed by atoms with E-state index in [-0.39, 0.29) is 0 Å². The van der Waals surface area contributed by atoms with Crippen LogP contribution in [0, 0.1) is 0 Å². The van der Waals surface area contributed by atoms with Crippen molar-refractivity contribution >= 4 is 0 Å². The second-order valence-electron chi connectivity index (χ2n) is 4.35. The lowest BCUT2D eigenvalue weighted by molar-refractivity contribution is 0.316. The zero-order valence-corrected chi connectivity index (χ0v) is 10.6. The molecule has 0 fully saturated rings. The number of hydrogen-bond donors (Lipinski definition) is 1. The van der Waals surface area contributed by atoms with Gasteiger partial charge >= 0.3 is 0 Å². The molecule has 0 aromatic carbocycles. The van der Waals surface area contributed by atoms with Gasteiger partial charge in [-0.1, -0.05) is 6.07 Å². The fraction of sp³-hybridized carbons (Fsp3) is 0.615. The van der Waals surface area contributed by atoms with Crippen LogP contribution < -0.4 is 5.32 Å². The summed E-state index contributed by atoms with van der Waals surface area (Å²) in [5.41, 5.74) is 1.18. The van der Waals surface area contributed by atoms with Crippen molar-refractivity contribution in [3.8, 4) is 0 Å². The van der Waals surface area contributed by atoms with Crippen LogP contribution >= 0.6 is 0 Å². The van der Waals surface area contributed by atoms with Gasteiger partial charge in [-0.05, 0) is 46.1 Å². The average molecular weight is 221 g/mol. The fourth-order valence-corrected chi connectivity index (χ4v) is 1.52. The highest BCUT2D eigenvalue weighted by molar-refractivity contribution is 5.03. The van der Waals surface area contributed by atoms with Crippen molar-refractivity contribution in [3.63, 3.8) is 0 Å². The third-order valence-corrected chi connectivity index (χ3v) is 2.91.